The molecule has 20 heavy (non-hydrogen) atoms. The molecule has 2 atom stereocenters. The summed E-state index contributed by atoms with van der Waals surface area (Å²) in [6.07, 6.45) is 0. The Bertz CT molecular complexity index is 612. The zero-order valence-electron chi connectivity index (χ0n) is 11.0. The van der Waals surface area contributed by atoms with Crippen molar-refractivity contribution in [3.63, 3.8) is 0 Å². The van der Waals surface area contributed by atoms with Crippen LogP contribution in [0.5, 0.6) is 0 Å². The van der Waals surface area contributed by atoms with Gasteiger partial charge in [-0.1, -0.05) is 18.7 Å². The van der Waals surface area contributed by atoms with Crippen LogP contribution in [0, 0.1) is 4.91 Å². The number of hydrogen-bond acceptors (Lipinski definition) is 4. The maximum Gasteiger partial charge on any atom is 0.384 e. The first-order chi connectivity index (χ1) is 9.11. The van der Waals surface area contributed by atoms with Crippen molar-refractivity contribution in [2.24, 2.45) is 4.95 Å². The average molecular weight is 298 g/mol. The lowest BCUT2D eigenvalue weighted by molar-refractivity contribution is -0.112. The highest BCUT2D eigenvalue weighted by molar-refractivity contribution is 7.57. The van der Waals surface area contributed by atoms with Gasteiger partial charge in [-0.2, -0.15) is 0 Å². The van der Waals surface area contributed by atoms with Gasteiger partial charge in [0.1, 0.15) is 0 Å². The number of nitrogens with one attached hydrogen (secondary N) is 1. The Balaban J connectivity index is 3.17. The molecule has 0 aliphatic heterocycles. The number of carbonyl (C=O) groups is 1. The summed E-state index contributed by atoms with van der Waals surface area (Å²) < 4.78 is 11.6. The second-order valence-corrected chi connectivity index (χ2v) is 6.58. The summed E-state index contributed by atoms with van der Waals surface area (Å²) in [6.45, 7) is 6.00. The number of nitroso groups, excluding NO2 is 1. The zero-order chi connectivity index (χ0) is 15.6. The first-order valence-corrected chi connectivity index (χ1v) is 7.20. The molecule has 1 rings (SSSR count). The Hall–Kier alpha value is -1.82. The van der Waals surface area contributed by atoms with E-state index >= 15 is 0 Å². The molecule has 0 saturated carbocycles. The highest BCUT2D eigenvalue weighted by atomic mass is 31.2. The van der Waals surface area contributed by atoms with E-state index in [2.05, 4.69) is 16.8 Å². The van der Waals surface area contributed by atoms with E-state index in [-0.39, 0.29) is 11.1 Å². The van der Waals surface area contributed by atoms with E-state index in [9.17, 15) is 24.3 Å². The predicted molar refractivity (Wildman–Crippen MR) is 75.1 cm³/mol. The minimum absolute atomic E-state index is 0.0116. The summed E-state index contributed by atoms with van der Waals surface area (Å²) in [5.41, 5.74) is 0.564. The summed E-state index contributed by atoms with van der Waals surface area (Å²) in [7, 11) is -4.68. The molecule has 2 unspecified atom stereocenters. The van der Waals surface area contributed by atoms with E-state index in [1.54, 1.807) is 0 Å². The molecule has 8 heteroatoms. The largest absolute Gasteiger partial charge is 0.384 e. The van der Waals surface area contributed by atoms with Crippen LogP contribution in [0.1, 0.15) is 19.4 Å². The second kappa shape index (κ2) is 5.66. The van der Waals surface area contributed by atoms with Crippen molar-refractivity contribution >= 4 is 19.1 Å². The predicted octanol–water partition coefficient (Wildman–Crippen LogP) is 2.32. The number of benzene rings is 1. The highest BCUT2D eigenvalue weighted by Gasteiger charge is 2.45. The number of carbonyl (C=O) groups excluding carboxylic acids is 1. The SMILES string of the molecule is C=C(C)C(=O)Nc1cccc(C(C)(O)P(=O)(O)N=O)c1. The molecule has 3 N–H and O–H groups in total. The van der Waals surface area contributed by atoms with E-state index in [1.165, 1.54) is 31.2 Å². The van der Waals surface area contributed by atoms with Crippen molar-refractivity contribution in [2.45, 2.75) is 19.2 Å². The smallest absolute Gasteiger partial charge is 0.374 e. The van der Waals surface area contributed by atoms with Gasteiger partial charge in [-0.15, -0.1) is 4.91 Å². The van der Waals surface area contributed by atoms with Crippen LogP contribution in [0.25, 0.3) is 0 Å². The molecule has 0 radical (unpaired) electrons. The Morgan fingerprint density at radius 2 is 2.10 bits per heavy atom. The van der Waals surface area contributed by atoms with Crippen LogP contribution in [-0.2, 0) is 14.7 Å². The van der Waals surface area contributed by atoms with Crippen LogP contribution < -0.4 is 5.32 Å². The molecule has 1 aromatic rings. The fourth-order valence-corrected chi connectivity index (χ4v) is 2.01. The van der Waals surface area contributed by atoms with Gasteiger partial charge in [-0.05, 0) is 31.5 Å². The van der Waals surface area contributed by atoms with Crippen molar-refractivity contribution in [1.82, 2.24) is 0 Å². The number of anilines is 1. The lowest BCUT2D eigenvalue weighted by Gasteiger charge is -2.24. The van der Waals surface area contributed by atoms with Crippen molar-refractivity contribution < 1.29 is 19.4 Å². The molecule has 108 valence electrons. The third-order valence-electron chi connectivity index (χ3n) is 2.73. The maximum atomic E-state index is 11.6. The Labute approximate surface area is 115 Å². The van der Waals surface area contributed by atoms with E-state index in [0.29, 0.717) is 5.69 Å². The first kappa shape index (κ1) is 16.2. The van der Waals surface area contributed by atoms with Gasteiger partial charge < -0.3 is 15.3 Å². The third kappa shape index (κ3) is 3.19. The normalized spacial score (nSPS) is 16.6. The maximum absolute atomic E-state index is 11.6. The molecular formula is C12H15N2O5P. The van der Waals surface area contributed by atoms with Crippen molar-refractivity contribution in [1.29, 1.82) is 0 Å². The van der Waals surface area contributed by atoms with Crippen molar-refractivity contribution in [2.75, 3.05) is 5.32 Å². The van der Waals surface area contributed by atoms with E-state index in [4.69, 9.17) is 0 Å². The van der Waals surface area contributed by atoms with Gasteiger partial charge in [0.25, 0.3) is 5.91 Å². The van der Waals surface area contributed by atoms with E-state index in [0.717, 1.165) is 6.92 Å². The van der Waals surface area contributed by atoms with Gasteiger partial charge in [0.15, 0.2) is 5.34 Å². The lowest BCUT2D eigenvalue weighted by atomic mass is 10.1. The number of hydrogen-bond donors (Lipinski definition) is 3. The summed E-state index contributed by atoms with van der Waals surface area (Å²) in [5.74, 6) is -0.428. The average Bonchev–Trinajstić information content (AvgIpc) is 2.38. The molecule has 0 spiro atoms. The minimum Gasteiger partial charge on any atom is -0.374 e. The van der Waals surface area contributed by atoms with Gasteiger partial charge in [0, 0.05) is 16.2 Å². The summed E-state index contributed by atoms with van der Waals surface area (Å²) >= 11 is 0. The van der Waals surface area contributed by atoms with Crippen LogP contribution in [0.2, 0.25) is 0 Å². The lowest BCUT2D eigenvalue weighted by Crippen LogP contribution is -2.21. The van der Waals surface area contributed by atoms with Crippen LogP contribution in [0.4, 0.5) is 5.69 Å². The number of rotatable bonds is 5. The second-order valence-electron chi connectivity index (χ2n) is 4.46. The fourth-order valence-electron chi connectivity index (χ4n) is 1.38. The number of aliphatic hydroxyl groups is 1. The molecule has 0 heterocycles. The standard InChI is InChI=1S/C12H15N2O5P/c1-8(2)11(15)13-10-6-4-5-9(7-10)12(3,16)20(18,19)14-17/h4-7,16H,1H2,2-3H3,(H,13,15)(H,18,19). The molecule has 0 aliphatic carbocycles. The summed E-state index contributed by atoms with van der Waals surface area (Å²) in [4.78, 5) is 33.4. The molecule has 0 aliphatic rings. The molecule has 0 bridgehead atoms. The van der Waals surface area contributed by atoms with Gasteiger partial charge in [0.2, 0.25) is 0 Å². The Kier molecular flexibility index (Phi) is 4.60. The fraction of sp³-hybridized carbons (Fsp3) is 0.250. The van der Waals surface area contributed by atoms with Crippen LogP contribution in [-0.4, -0.2) is 15.9 Å². The topological polar surface area (TPSA) is 116 Å². The summed E-state index contributed by atoms with van der Waals surface area (Å²) in [5, 5.41) is 10.2. The molecule has 1 aromatic carbocycles. The minimum atomic E-state index is -4.68. The van der Waals surface area contributed by atoms with E-state index < -0.39 is 18.8 Å². The molecule has 0 aromatic heterocycles. The number of amides is 1. The quantitative estimate of drug-likeness (QED) is 0.438. The van der Waals surface area contributed by atoms with Gasteiger partial charge in [0.05, 0.1) is 0 Å². The van der Waals surface area contributed by atoms with Crippen molar-refractivity contribution in [3.8, 4) is 0 Å². The monoisotopic (exact) mass is 298 g/mol. The highest BCUT2D eigenvalue weighted by Crippen LogP contribution is 2.59. The van der Waals surface area contributed by atoms with Gasteiger partial charge in [-0.25, -0.2) is 0 Å². The molecule has 7 nitrogen and oxygen atoms in total. The Morgan fingerprint density at radius 1 is 1.50 bits per heavy atom. The number of nitrogens with zero attached hydrogens (tertiary/aromatic N) is 1. The van der Waals surface area contributed by atoms with Gasteiger partial charge in [-0.3, -0.25) is 9.36 Å². The zero-order valence-corrected chi connectivity index (χ0v) is 11.9. The van der Waals surface area contributed by atoms with Crippen LogP contribution in [0.3, 0.4) is 0 Å². The molecule has 0 fully saturated rings. The van der Waals surface area contributed by atoms with Crippen LogP contribution in [0.15, 0.2) is 41.4 Å². The van der Waals surface area contributed by atoms with Crippen molar-refractivity contribution in [3.05, 3.63) is 46.9 Å². The van der Waals surface area contributed by atoms with Gasteiger partial charge >= 0.3 is 7.52 Å². The van der Waals surface area contributed by atoms with E-state index in [1.807, 2.05) is 0 Å². The molecule has 1 amide bonds. The molecular weight excluding hydrogens is 283 g/mol. The Morgan fingerprint density at radius 3 is 2.60 bits per heavy atom. The third-order valence-corrected chi connectivity index (χ3v) is 4.35. The first-order valence-electron chi connectivity index (χ1n) is 5.59. The van der Waals surface area contributed by atoms with Crippen LogP contribution >= 0.6 is 7.52 Å². The summed E-state index contributed by atoms with van der Waals surface area (Å²) in [6, 6.07) is 5.62. The molecule has 0 saturated heterocycles.